The van der Waals surface area contributed by atoms with E-state index in [2.05, 4.69) is 0 Å². The summed E-state index contributed by atoms with van der Waals surface area (Å²) in [6, 6.07) is 12.7. The second-order valence-electron chi connectivity index (χ2n) is 10.7. The average Bonchev–Trinajstić information content (AvgIpc) is 3.41. The molecule has 4 rings (SSSR count). The first-order valence-electron chi connectivity index (χ1n) is 13.6. The molecule has 0 aliphatic carbocycles. The lowest BCUT2D eigenvalue weighted by molar-refractivity contribution is -0.891. The summed E-state index contributed by atoms with van der Waals surface area (Å²) in [6.07, 6.45) is 2.70. The summed E-state index contributed by atoms with van der Waals surface area (Å²) in [5, 5.41) is 11.3. The van der Waals surface area contributed by atoms with E-state index < -0.39 is 6.10 Å². The van der Waals surface area contributed by atoms with E-state index in [4.69, 9.17) is 14.2 Å². The third-order valence-electron chi connectivity index (χ3n) is 7.13. The minimum Gasteiger partial charge on any atom is -0.493 e. The van der Waals surface area contributed by atoms with Crippen LogP contribution in [0.2, 0.25) is 0 Å². The lowest BCUT2D eigenvalue weighted by Gasteiger charge is -2.26. The number of quaternary nitrogens is 1. The van der Waals surface area contributed by atoms with Crippen LogP contribution in [-0.4, -0.2) is 56.1 Å². The summed E-state index contributed by atoms with van der Waals surface area (Å²) in [6.45, 7) is 8.25. The van der Waals surface area contributed by atoms with Gasteiger partial charge >= 0.3 is 0 Å². The second-order valence-corrected chi connectivity index (χ2v) is 10.7. The van der Waals surface area contributed by atoms with Gasteiger partial charge in [-0.3, -0.25) is 9.59 Å². The van der Waals surface area contributed by atoms with Crippen LogP contribution in [0.4, 0.5) is 0 Å². The van der Waals surface area contributed by atoms with E-state index in [0.717, 1.165) is 25.2 Å². The molecule has 1 saturated heterocycles. The number of carbonyl (C=O) groups is 2. The molecule has 2 aliphatic rings. The highest BCUT2D eigenvalue weighted by molar-refractivity contribution is 5.96. The van der Waals surface area contributed by atoms with Gasteiger partial charge in [-0.15, -0.1) is 0 Å². The van der Waals surface area contributed by atoms with Crippen molar-refractivity contribution in [2.75, 3.05) is 39.5 Å². The topological polar surface area (TPSA) is 86.5 Å². The van der Waals surface area contributed by atoms with Crippen molar-refractivity contribution in [3.63, 3.8) is 0 Å². The van der Waals surface area contributed by atoms with Gasteiger partial charge in [-0.2, -0.15) is 0 Å². The van der Waals surface area contributed by atoms with E-state index in [9.17, 15) is 14.7 Å². The first-order chi connectivity index (χ1) is 17.9. The van der Waals surface area contributed by atoms with E-state index >= 15 is 0 Å². The molecule has 0 saturated carbocycles. The Morgan fingerprint density at radius 3 is 2.38 bits per heavy atom. The molecular formula is C30H40NO6+. The quantitative estimate of drug-likeness (QED) is 0.402. The van der Waals surface area contributed by atoms with Gasteiger partial charge in [0.05, 0.1) is 32.3 Å². The third-order valence-corrected chi connectivity index (χ3v) is 7.13. The van der Waals surface area contributed by atoms with Gasteiger partial charge in [-0.25, -0.2) is 0 Å². The number of ketones is 2. The summed E-state index contributed by atoms with van der Waals surface area (Å²) < 4.78 is 17.1. The third kappa shape index (κ3) is 7.79. The number of aliphatic hydroxyl groups excluding tert-OH is 1. The van der Waals surface area contributed by atoms with Crippen LogP contribution in [0.1, 0.15) is 68.0 Å². The van der Waals surface area contributed by atoms with Crippen LogP contribution in [-0.2, 0) is 4.79 Å². The molecule has 2 N–H and O–H groups in total. The van der Waals surface area contributed by atoms with Crippen molar-refractivity contribution in [3.8, 4) is 17.2 Å². The monoisotopic (exact) mass is 510 g/mol. The fourth-order valence-electron chi connectivity index (χ4n) is 5.16. The molecule has 1 fully saturated rings. The predicted octanol–water partition coefficient (Wildman–Crippen LogP) is 3.44. The van der Waals surface area contributed by atoms with Crippen LogP contribution < -0.4 is 19.1 Å². The van der Waals surface area contributed by atoms with Gasteiger partial charge in [0.2, 0.25) is 0 Å². The first-order valence-corrected chi connectivity index (χ1v) is 13.6. The van der Waals surface area contributed by atoms with Crippen molar-refractivity contribution in [1.82, 2.24) is 0 Å². The fourth-order valence-corrected chi connectivity index (χ4v) is 5.16. The number of hydrogen-bond donors (Lipinski definition) is 2. The van der Waals surface area contributed by atoms with Gasteiger partial charge in [0.25, 0.3) is 0 Å². The molecule has 2 aliphatic heterocycles. The number of fused-ring (bicyclic) bond motifs is 1. The molecule has 0 bridgehead atoms. The van der Waals surface area contributed by atoms with Gasteiger partial charge in [-0.05, 0) is 47.9 Å². The molecule has 2 atom stereocenters. The Morgan fingerprint density at radius 1 is 0.973 bits per heavy atom. The Morgan fingerprint density at radius 2 is 1.68 bits per heavy atom. The molecule has 7 heteroatoms. The maximum Gasteiger partial charge on any atom is 0.163 e. The van der Waals surface area contributed by atoms with Crippen molar-refractivity contribution < 1.29 is 33.8 Å². The SMILES string of the molecule is CC(C)CC(=O)c1ccc(OCCC(=O)C[C@H](C[NH+]2CCCC2)[C@H](O)c2ccc3c(c2)OCCO3)cc1. The van der Waals surface area contributed by atoms with Crippen LogP contribution in [0.15, 0.2) is 42.5 Å². The number of benzene rings is 2. The van der Waals surface area contributed by atoms with Crippen molar-refractivity contribution in [3.05, 3.63) is 53.6 Å². The van der Waals surface area contributed by atoms with Crippen molar-refractivity contribution in [2.45, 2.75) is 52.1 Å². The van der Waals surface area contributed by atoms with E-state index in [0.29, 0.717) is 54.8 Å². The summed E-state index contributed by atoms with van der Waals surface area (Å²) >= 11 is 0. The maximum atomic E-state index is 12.9. The summed E-state index contributed by atoms with van der Waals surface area (Å²) in [7, 11) is 0. The molecule has 0 amide bonds. The lowest BCUT2D eigenvalue weighted by Crippen LogP contribution is -3.10. The van der Waals surface area contributed by atoms with Crippen LogP contribution in [0.25, 0.3) is 0 Å². The van der Waals surface area contributed by atoms with E-state index in [1.807, 2.05) is 32.0 Å². The Hall–Kier alpha value is -2.90. The molecular weight excluding hydrogens is 470 g/mol. The minimum absolute atomic E-state index is 0.0731. The number of nitrogens with one attached hydrogen (secondary N) is 1. The summed E-state index contributed by atoms with van der Waals surface area (Å²) in [4.78, 5) is 26.6. The molecule has 0 spiro atoms. The van der Waals surface area contributed by atoms with E-state index in [1.54, 1.807) is 24.3 Å². The number of Topliss-reactive ketones (excluding diaryl/α,β-unsaturated/α-hetero) is 2. The normalized spacial score (nSPS) is 17.0. The van der Waals surface area contributed by atoms with Crippen molar-refractivity contribution >= 4 is 11.6 Å². The number of rotatable bonds is 13. The lowest BCUT2D eigenvalue weighted by atomic mass is 9.89. The van der Waals surface area contributed by atoms with E-state index in [-0.39, 0.29) is 30.5 Å². The molecule has 200 valence electrons. The number of ether oxygens (including phenoxy) is 3. The van der Waals surface area contributed by atoms with Gasteiger partial charge in [0.15, 0.2) is 17.3 Å². The highest BCUT2D eigenvalue weighted by Crippen LogP contribution is 2.35. The molecule has 0 aromatic heterocycles. The predicted molar refractivity (Wildman–Crippen MR) is 141 cm³/mol. The minimum atomic E-state index is -0.760. The van der Waals surface area contributed by atoms with E-state index in [1.165, 1.54) is 17.7 Å². The van der Waals surface area contributed by atoms with Gasteiger partial charge in [0, 0.05) is 43.6 Å². The Labute approximate surface area is 219 Å². The zero-order chi connectivity index (χ0) is 26.2. The summed E-state index contributed by atoms with van der Waals surface area (Å²) in [5.41, 5.74) is 1.43. The zero-order valence-corrected chi connectivity index (χ0v) is 22.0. The molecule has 2 aromatic rings. The average molecular weight is 511 g/mol. The van der Waals surface area contributed by atoms with Crippen molar-refractivity contribution in [1.29, 1.82) is 0 Å². The zero-order valence-electron chi connectivity index (χ0n) is 22.0. The largest absolute Gasteiger partial charge is 0.493 e. The number of likely N-dealkylation sites (tertiary alicyclic amines) is 1. The molecule has 37 heavy (non-hydrogen) atoms. The highest BCUT2D eigenvalue weighted by atomic mass is 16.6. The summed E-state index contributed by atoms with van der Waals surface area (Å²) in [5.74, 6) is 2.31. The molecule has 2 aromatic carbocycles. The number of hydrogen-bond acceptors (Lipinski definition) is 6. The van der Waals surface area contributed by atoms with Crippen LogP contribution in [0, 0.1) is 11.8 Å². The Balaban J connectivity index is 1.32. The van der Waals surface area contributed by atoms with Gasteiger partial charge < -0.3 is 24.2 Å². The van der Waals surface area contributed by atoms with Crippen LogP contribution >= 0.6 is 0 Å². The second kappa shape index (κ2) is 13.1. The first kappa shape index (κ1) is 27.1. The van der Waals surface area contributed by atoms with Gasteiger partial charge in [0.1, 0.15) is 24.7 Å². The maximum absolute atomic E-state index is 12.9. The molecule has 0 radical (unpaired) electrons. The van der Waals surface area contributed by atoms with Crippen molar-refractivity contribution in [2.24, 2.45) is 11.8 Å². The van der Waals surface area contributed by atoms with Crippen LogP contribution in [0.5, 0.6) is 17.2 Å². The van der Waals surface area contributed by atoms with Gasteiger partial charge in [-0.1, -0.05) is 19.9 Å². The molecule has 2 heterocycles. The standard InChI is InChI=1S/C30H39NO6/c1-21(2)17-27(33)22-5-8-26(9-6-22)35-14-11-25(32)18-24(20-31-12-3-4-13-31)30(34)23-7-10-28-29(19-23)37-16-15-36-28/h5-10,19,21,24,30,34H,3-4,11-18,20H2,1-2H3/p+1/t24-,30-/m1/s1. The molecule has 0 unspecified atom stereocenters. The number of carbonyl (C=O) groups excluding carboxylic acids is 2. The molecule has 7 nitrogen and oxygen atoms in total. The Bertz CT molecular complexity index is 1040. The fraction of sp³-hybridized carbons (Fsp3) is 0.533. The number of aliphatic hydroxyl groups is 1. The van der Waals surface area contributed by atoms with Crippen LogP contribution in [0.3, 0.4) is 0 Å². The smallest absolute Gasteiger partial charge is 0.163 e. The Kier molecular flexibility index (Phi) is 9.58. The highest BCUT2D eigenvalue weighted by Gasteiger charge is 2.30.